The lowest BCUT2D eigenvalue weighted by Crippen LogP contribution is -2.49. The van der Waals surface area contributed by atoms with Gasteiger partial charge in [-0.25, -0.2) is 0 Å². The van der Waals surface area contributed by atoms with Crippen molar-refractivity contribution in [1.29, 1.82) is 0 Å². The maximum absolute atomic E-state index is 12.0. The van der Waals surface area contributed by atoms with E-state index in [4.69, 9.17) is 4.42 Å². The van der Waals surface area contributed by atoms with E-state index in [1.54, 1.807) is 20.2 Å². The van der Waals surface area contributed by atoms with Crippen molar-refractivity contribution in [3.05, 3.63) is 24.2 Å². The highest BCUT2D eigenvalue weighted by Gasteiger charge is 2.23. The normalized spacial score (nSPS) is 11.9. The van der Waals surface area contributed by atoms with Crippen molar-refractivity contribution in [2.75, 3.05) is 20.6 Å². The maximum Gasteiger partial charge on any atom is 0.287 e. The summed E-state index contributed by atoms with van der Waals surface area (Å²) in [6, 6.07) is 2.50. The van der Waals surface area contributed by atoms with E-state index in [0.29, 0.717) is 6.42 Å². The minimum atomic E-state index is -0.594. The van der Waals surface area contributed by atoms with E-state index in [1.165, 1.54) is 17.2 Å². The van der Waals surface area contributed by atoms with Gasteiger partial charge in [0.1, 0.15) is 6.04 Å². The Morgan fingerprint density at radius 2 is 1.95 bits per heavy atom. The van der Waals surface area contributed by atoms with Crippen LogP contribution in [-0.4, -0.2) is 49.3 Å². The zero-order chi connectivity index (χ0) is 16.7. The lowest BCUT2D eigenvalue weighted by atomic mass is 10.0. The fourth-order valence-corrected chi connectivity index (χ4v) is 1.91. The number of amides is 3. The lowest BCUT2D eigenvalue weighted by Gasteiger charge is -2.23. The third-order valence-electron chi connectivity index (χ3n) is 2.94. The molecule has 0 unspecified atom stereocenters. The van der Waals surface area contributed by atoms with Crippen LogP contribution in [0.2, 0.25) is 0 Å². The molecular formula is C15H23N3O4. The summed E-state index contributed by atoms with van der Waals surface area (Å²) in [7, 11) is 3.28. The minimum Gasteiger partial charge on any atom is -0.459 e. The van der Waals surface area contributed by atoms with E-state index in [1.807, 2.05) is 13.8 Å². The van der Waals surface area contributed by atoms with Crippen molar-refractivity contribution in [2.45, 2.75) is 26.3 Å². The summed E-state index contributed by atoms with van der Waals surface area (Å²) in [5.74, 6) is -0.664. The summed E-state index contributed by atoms with van der Waals surface area (Å²) in [4.78, 5) is 37.1. The first-order valence-corrected chi connectivity index (χ1v) is 7.13. The molecule has 7 heteroatoms. The molecule has 0 radical (unpaired) electrons. The number of furan rings is 1. The molecule has 0 spiro atoms. The van der Waals surface area contributed by atoms with Crippen molar-refractivity contribution in [3.8, 4) is 0 Å². The second kappa shape index (κ2) is 8.21. The molecule has 2 N–H and O–H groups in total. The first-order chi connectivity index (χ1) is 10.3. The summed E-state index contributed by atoms with van der Waals surface area (Å²) < 4.78 is 4.93. The van der Waals surface area contributed by atoms with Gasteiger partial charge in [-0.1, -0.05) is 13.8 Å². The Bertz CT molecular complexity index is 509. The van der Waals surface area contributed by atoms with Crippen LogP contribution < -0.4 is 10.6 Å². The largest absolute Gasteiger partial charge is 0.459 e. The second-order valence-corrected chi connectivity index (χ2v) is 5.64. The van der Waals surface area contributed by atoms with Crippen LogP contribution in [0.15, 0.2) is 22.8 Å². The Morgan fingerprint density at radius 1 is 1.27 bits per heavy atom. The molecule has 0 aromatic carbocycles. The van der Waals surface area contributed by atoms with Gasteiger partial charge in [0.2, 0.25) is 11.8 Å². The van der Waals surface area contributed by atoms with Crippen molar-refractivity contribution >= 4 is 17.7 Å². The van der Waals surface area contributed by atoms with Crippen molar-refractivity contribution in [3.63, 3.8) is 0 Å². The second-order valence-electron chi connectivity index (χ2n) is 5.64. The molecule has 122 valence electrons. The monoisotopic (exact) mass is 309 g/mol. The summed E-state index contributed by atoms with van der Waals surface area (Å²) in [6.45, 7) is 3.73. The topological polar surface area (TPSA) is 91.6 Å². The van der Waals surface area contributed by atoms with Crippen LogP contribution in [-0.2, 0) is 9.59 Å². The Balaban J connectivity index is 2.52. The van der Waals surface area contributed by atoms with Crippen LogP contribution in [0.5, 0.6) is 0 Å². The predicted molar refractivity (Wildman–Crippen MR) is 81.1 cm³/mol. The zero-order valence-corrected chi connectivity index (χ0v) is 13.4. The van der Waals surface area contributed by atoms with Gasteiger partial charge in [-0.3, -0.25) is 14.4 Å². The number of hydrogen-bond donors (Lipinski definition) is 2. The first-order valence-electron chi connectivity index (χ1n) is 7.13. The quantitative estimate of drug-likeness (QED) is 0.773. The Kier molecular flexibility index (Phi) is 6.62. The van der Waals surface area contributed by atoms with Gasteiger partial charge in [0.25, 0.3) is 5.91 Å². The number of hydrogen-bond acceptors (Lipinski definition) is 4. The molecule has 0 fully saturated rings. The van der Waals surface area contributed by atoms with Crippen LogP contribution >= 0.6 is 0 Å². The highest BCUT2D eigenvalue weighted by atomic mass is 16.3. The molecule has 22 heavy (non-hydrogen) atoms. The standard InChI is InChI=1S/C15H23N3O4/c1-10(2)8-11(15(21)18(3)4)17-13(19)9-16-14(20)12-6-5-7-22-12/h5-7,10-11H,8-9H2,1-4H3,(H,16,20)(H,17,19)/t11-/m1/s1. The zero-order valence-electron chi connectivity index (χ0n) is 13.4. The minimum absolute atomic E-state index is 0.135. The van der Waals surface area contributed by atoms with E-state index in [0.717, 1.165) is 0 Å². The lowest BCUT2D eigenvalue weighted by molar-refractivity contribution is -0.134. The molecular weight excluding hydrogens is 286 g/mol. The molecule has 0 aliphatic carbocycles. The number of carbonyl (C=O) groups is 3. The number of likely N-dealkylation sites (N-methyl/N-ethyl adjacent to an activating group) is 1. The van der Waals surface area contributed by atoms with Crippen molar-refractivity contribution < 1.29 is 18.8 Å². The van der Waals surface area contributed by atoms with Crippen LogP contribution in [0.3, 0.4) is 0 Å². The summed E-state index contributed by atoms with van der Waals surface area (Å²) in [5.41, 5.74) is 0. The summed E-state index contributed by atoms with van der Waals surface area (Å²) in [5, 5.41) is 5.10. The third-order valence-corrected chi connectivity index (χ3v) is 2.94. The molecule has 1 atom stereocenters. The van der Waals surface area contributed by atoms with Gasteiger partial charge < -0.3 is 20.0 Å². The Hall–Kier alpha value is -2.31. The molecule has 3 amide bonds. The number of carbonyl (C=O) groups excluding carboxylic acids is 3. The van der Waals surface area contributed by atoms with E-state index in [2.05, 4.69) is 10.6 Å². The fraction of sp³-hybridized carbons (Fsp3) is 0.533. The van der Waals surface area contributed by atoms with Gasteiger partial charge in [0.05, 0.1) is 12.8 Å². The molecule has 1 aromatic heterocycles. The number of rotatable bonds is 7. The van der Waals surface area contributed by atoms with Crippen LogP contribution in [0.25, 0.3) is 0 Å². The smallest absolute Gasteiger partial charge is 0.287 e. The first kappa shape index (κ1) is 17.7. The van der Waals surface area contributed by atoms with E-state index < -0.39 is 17.9 Å². The fourth-order valence-electron chi connectivity index (χ4n) is 1.91. The average molecular weight is 309 g/mol. The maximum atomic E-state index is 12.0. The molecule has 1 heterocycles. The van der Waals surface area contributed by atoms with E-state index in [-0.39, 0.29) is 24.1 Å². The highest BCUT2D eigenvalue weighted by molar-refractivity contribution is 5.95. The molecule has 0 saturated heterocycles. The Labute approximate surface area is 130 Å². The van der Waals surface area contributed by atoms with Gasteiger partial charge in [-0.2, -0.15) is 0 Å². The van der Waals surface area contributed by atoms with E-state index >= 15 is 0 Å². The van der Waals surface area contributed by atoms with Crippen LogP contribution in [0, 0.1) is 5.92 Å². The predicted octanol–water partition coefficient (Wildman–Crippen LogP) is 0.628. The van der Waals surface area contributed by atoms with E-state index in [9.17, 15) is 14.4 Å². The van der Waals surface area contributed by atoms with Gasteiger partial charge in [0, 0.05) is 14.1 Å². The van der Waals surface area contributed by atoms with Gasteiger partial charge in [-0.05, 0) is 24.5 Å². The molecule has 7 nitrogen and oxygen atoms in total. The number of nitrogens with one attached hydrogen (secondary N) is 2. The average Bonchev–Trinajstić information content (AvgIpc) is 2.96. The molecule has 0 aliphatic heterocycles. The number of nitrogens with zero attached hydrogens (tertiary/aromatic N) is 1. The van der Waals surface area contributed by atoms with Crippen LogP contribution in [0.1, 0.15) is 30.8 Å². The summed E-state index contributed by atoms with van der Waals surface area (Å²) in [6.07, 6.45) is 1.91. The molecule has 0 aliphatic rings. The molecule has 1 aromatic rings. The van der Waals surface area contributed by atoms with Gasteiger partial charge in [-0.15, -0.1) is 0 Å². The summed E-state index contributed by atoms with van der Waals surface area (Å²) >= 11 is 0. The van der Waals surface area contributed by atoms with Crippen molar-refractivity contribution in [1.82, 2.24) is 15.5 Å². The van der Waals surface area contributed by atoms with Crippen LogP contribution in [0.4, 0.5) is 0 Å². The molecule has 1 rings (SSSR count). The SMILES string of the molecule is CC(C)C[C@@H](NC(=O)CNC(=O)c1ccco1)C(=O)N(C)C. The third kappa shape index (κ3) is 5.59. The highest BCUT2D eigenvalue weighted by Crippen LogP contribution is 2.06. The van der Waals surface area contributed by atoms with Crippen molar-refractivity contribution in [2.24, 2.45) is 5.92 Å². The molecule has 0 saturated carbocycles. The Morgan fingerprint density at radius 3 is 2.45 bits per heavy atom. The van der Waals surface area contributed by atoms with Gasteiger partial charge >= 0.3 is 0 Å². The molecule has 0 bridgehead atoms. The van der Waals surface area contributed by atoms with Gasteiger partial charge in [0.15, 0.2) is 5.76 Å².